The number of aliphatic imine (C=N–C) groups is 1. The van der Waals surface area contributed by atoms with Gasteiger partial charge in [0.05, 0.1) is 6.61 Å². The second-order valence-electron chi connectivity index (χ2n) is 3.59. The zero-order valence-electron chi connectivity index (χ0n) is 8.56. The van der Waals surface area contributed by atoms with Crippen molar-refractivity contribution in [3.63, 3.8) is 0 Å². The van der Waals surface area contributed by atoms with Gasteiger partial charge >= 0.3 is 11.6 Å². The third-order valence-electron chi connectivity index (χ3n) is 2.59. The summed E-state index contributed by atoms with van der Waals surface area (Å²) in [7, 11) is 0. The van der Waals surface area contributed by atoms with Gasteiger partial charge in [-0.15, -0.1) is 4.90 Å². The van der Waals surface area contributed by atoms with Gasteiger partial charge in [0.15, 0.2) is 0 Å². The fourth-order valence-electron chi connectivity index (χ4n) is 1.66. The van der Waals surface area contributed by atoms with Gasteiger partial charge in [-0.25, -0.2) is 0 Å². The lowest BCUT2D eigenvalue weighted by Crippen LogP contribution is -2.42. The van der Waals surface area contributed by atoms with Crippen LogP contribution in [0.3, 0.4) is 0 Å². The molecule has 2 aliphatic heterocycles. The van der Waals surface area contributed by atoms with Gasteiger partial charge in [-0.2, -0.15) is 5.26 Å². The van der Waals surface area contributed by atoms with Crippen LogP contribution in [-0.4, -0.2) is 62.8 Å². The average molecular weight is 240 g/mol. The first-order valence-corrected chi connectivity index (χ1v) is 4.81. The summed E-state index contributed by atoms with van der Waals surface area (Å²) in [6.45, 7) is -0.477. The Morgan fingerprint density at radius 2 is 2.18 bits per heavy atom. The largest absolute Gasteiger partial charge is 0.423 e. The van der Waals surface area contributed by atoms with Crippen LogP contribution in [0.5, 0.6) is 0 Å². The number of allylic oxidation sites excluding steroid dienone is 1. The van der Waals surface area contributed by atoms with Gasteiger partial charge in [-0.3, -0.25) is 0 Å². The van der Waals surface area contributed by atoms with Crippen LogP contribution in [0.15, 0.2) is 16.6 Å². The van der Waals surface area contributed by atoms with E-state index in [0.717, 1.165) is 4.90 Å². The van der Waals surface area contributed by atoms with Gasteiger partial charge in [0, 0.05) is 0 Å². The molecule has 1 fully saturated rings. The number of ether oxygens (including phenoxy) is 1. The van der Waals surface area contributed by atoms with E-state index in [4.69, 9.17) is 15.1 Å². The smallest absolute Gasteiger partial charge is 0.393 e. The molecule has 8 nitrogen and oxygen atoms in total. The van der Waals surface area contributed by atoms with E-state index >= 15 is 0 Å². The van der Waals surface area contributed by atoms with Gasteiger partial charge in [0.1, 0.15) is 18.3 Å². The molecule has 2 heterocycles. The molecule has 0 aromatic heterocycles. The minimum Gasteiger partial charge on any atom is -0.423 e. The number of hydrogen-bond donors (Lipinski definition) is 4. The molecule has 0 amide bonds. The molecule has 2 rings (SSSR count). The van der Waals surface area contributed by atoms with E-state index in [-0.39, 0.29) is 5.70 Å². The quantitative estimate of drug-likeness (QED) is 0.407. The molecule has 0 bridgehead atoms. The first-order chi connectivity index (χ1) is 8.10. The molecule has 0 aliphatic carbocycles. The first kappa shape index (κ1) is 11.7. The Morgan fingerprint density at radius 3 is 2.65 bits per heavy atom. The lowest BCUT2D eigenvalue weighted by molar-refractivity contribution is -0.0698. The maximum atomic E-state index is 9.67. The lowest BCUT2D eigenvalue weighted by Gasteiger charge is -2.16. The molecule has 17 heavy (non-hydrogen) atoms. The van der Waals surface area contributed by atoms with Crippen LogP contribution < -0.4 is 0 Å². The monoisotopic (exact) mass is 240 g/mol. The van der Waals surface area contributed by atoms with Crippen molar-refractivity contribution in [3.05, 3.63) is 11.6 Å². The van der Waals surface area contributed by atoms with Crippen LogP contribution in [0.4, 0.5) is 0 Å². The number of aliphatic hydroxyl groups excluding tert-OH is 4. The number of aliphatic hydroxyl groups is 4. The van der Waals surface area contributed by atoms with E-state index in [0.29, 0.717) is 0 Å². The average Bonchev–Trinajstić information content (AvgIpc) is 2.82. The Morgan fingerprint density at radius 1 is 1.47 bits per heavy atom. The van der Waals surface area contributed by atoms with E-state index in [1.807, 2.05) is 0 Å². The van der Waals surface area contributed by atoms with Crippen molar-refractivity contribution in [3.8, 4) is 6.07 Å². The summed E-state index contributed by atoms with van der Waals surface area (Å²) in [5.74, 6) is -0.512. The summed E-state index contributed by atoms with van der Waals surface area (Å²) in [6, 6.07) is 1.63. The third kappa shape index (κ3) is 1.72. The van der Waals surface area contributed by atoms with Crippen LogP contribution in [0.25, 0.3) is 0 Å². The number of nitrogens with zero attached hydrogens (tertiary/aromatic N) is 3. The number of nitriles is 1. The summed E-state index contributed by atoms with van der Waals surface area (Å²) in [6.07, 6.45) is -2.46. The van der Waals surface area contributed by atoms with Crippen LogP contribution >= 0.6 is 0 Å². The second-order valence-corrected chi connectivity index (χ2v) is 3.59. The van der Waals surface area contributed by atoms with Crippen molar-refractivity contribution in [1.29, 1.82) is 5.26 Å². The summed E-state index contributed by atoms with van der Waals surface area (Å²) < 4.78 is 5.13. The molecular formula is C9H10N3O5+. The standard InChI is InChI=1S/C9H9N3O5/c10-1-4-8(16)12(3-11-4)9-7(15)6(14)5(2-13)17-9/h5-7,9,13-15H,2H2/p+1/t5-,6-,7-,9-/m1/s1. The lowest BCUT2D eigenvalue weighted by atomic mass is 10.1. The summed E-state index contributed by atoms with van der Waals surface area (Å²) >= 11 is 0. The highest BCUT2D eigenvalue weighted by molar-refractivity contribution is 5.65. The van der Waals surface area contributed by atoms with Crippen LogP contribution in [0.2, 0.25) is 0 Å². The number of hydrogen-bond acceptors (Lipinski definition) is 8. The van der Waals surface area contributed by atoms with Crippen LogP contribution in [0.1, 0.15) is 0 Å². The Balaban J connectivity index is 2.19. The molecule has 0 unspecified atom stereocenters. The van der Waals surface area contributed by atoms with Gasteiger partial charge in [-0.1, -0.05) is 0 Å². The van der Waals surface area contributed by atoms with Gasteiger partial charge in [-0.05, 0) is 4.99 Å². The molecule has 2 aliphatic rings. The maximum Gasteiger partial charge on any atom is 0.393 e. The van der Waals surface area contributed by atoms with E-state index in [9.17, 15) is 15.3 Å². The zero-order chi connectivity index (χ0) is 12.6. The Bertz CT molecular complexity index is 415. The maximum absolute atomic E-state index is 9.67. The number of rotatable bonds is 2. The molecule has 4 atom stereocenters. The molecule has 8 heteroatoms. The molecule has 4 N–H and O–H groups in total. The van der Waals surface area contributed by atoms with E-state index in [2.05, 4.69) is 11.3 Å². The molecule has 0 aromatic carbocycles. The van der Waals surface area contributed by atoms with Gasteiger partial charge in [0.25, 0.3) is 6.34 Å². The molecule has 90 valence electrons. The normalized spacial score (nSPS) is 36.2. The Labute approximate surface area is 96.3 Å². The minimum atomic E-state index is -1.35. The van der Waals surface area contributed by atoms with Crippen molar-refractivity contribution < 1.29 is 25.2 Å². The van der Waals surface area contributed by atoms with Crippen LogP contribution in [-0.2, 0) is 4.74 Å². The summed E-state index contributed by atoms with van der Waals surface area (Å²) in [5.41, 5.74) is -0.261. The van der Waals surface area contributed by atoms with E-state index in [1.165, 1.54) is 0 Å². The zero-order valence-corrected chi connectivity index (χ0v) is 8.56. The van der Waals surface area contributed by atoms with Gasteiger partial charge in [0.2, 0.25) is 12.3 Å². The SMILES string of the molecule is N#CC1=C(O)N([C@@H]2O[C@H](CO)[C@@H](O)[C@H]2O)[C+]=N1. The predicted octanol–water partition coefficient (Wildman–Crippen LogP) is -2.10. The predicted molar refractivity (Wildman–Crippen MR) is 52.3 cm³/mol. The van der Waals surface area contributed by atoms with Crippen molar-refractivity contribution in [1.82, 2.24) is 4.90 Å². The summed E-state index contributed by atoms with van der Waals surface area (Å²) in [4.78, 5) is 4.39. The minimum absolute atomic E-state index is 0.261. The van der Waals surface area contributed by atoms with Crippen molar-refractivity contribution in [2.45, 2.75) is 24.5 Å². The third-order valence-corrected chi connectivity index (χ3v) is 2.59. The van der Waals surface area contributed by atoms with Crippen molar-refractivity contribution >= 4 is 6.34 Å². The highest BCUT2D eigenvalue weighted by Gasteiger charge is 2.51. The summed E-state index contributed by atoms with van der Waals surface area (Å²) in [5, 5.41) is 46.2. The molecule has 0 saturated carbocycles. The fourth-order valence-corrected chi connectivity index (χ4v) is 1.66. The van der Waals surface area contributed by atoms with E-state index < -0.39 is 37.0 Å². The highest BCUT2D eigenvalue weighted by atomic mass is 16.6. The Hall–Kier alpha value is -1.75. The highest BCUT2D eigenvalue weighted by Crippen LogP contribution is 2.27. The second kappa shape index (κ2) is 4.25. The van der Waals surface area contributed by atoms with Gasteiger partial charge < -0.3 is 25.2 Å². The topological polar surface area (TPSA) is 130 Å². The first-order valence-electron chi connectivity index (χ1n) is 4.81. The molecule has 0 aromatic rings. The fraction of sp³-hybridized carbons (Fsp3) is 0.556. The van der Waals surface area contributed by atoms with Crippen molar-refractivity contribution in [2.24, 2.45) is 4.99 Å². The molecule has 1 saturated heterocycles. The van der Waals surface area contributed by atoms with Crippen LogP contribution in [0, 0.1) is 11.3 Å². The van der Waals surface area contributed by atoms with E-state index in [1.54, 1.807) is 6.07 Å². The Kier molecular flexibility index (Phi) is 2.93. The molecular weight excluding hydrogens is 230 g/mol. The molecule has 0 spiro atoms. The van der Waals surface area contributed by atoms with Crippen molar-refractivity contribution in [2.75, 3.05) is 6.61 Å². The molecule has 0 radical (unpaired) electrons.